The number of aryl methyl sites for hydroxylation is 1. The number of thiophene rings is 1. The number of hydrogen-bond acceptors (Lipinski definition) is 3. The predicted octanol–water partition coefficient (Wildman–Crippen LogP) is 3.78. The van der Waals surface area contributed by atoms with Gasteiger partial charge in [0.05, 0.1) is 14.6 Å². The van der Waals surface area contributed by atoms with Crippen molar-refractivity contribution in [2.24, 2.45) is 5.92 Å². The molecule has 0 bridgehead atoms. The third kappa shape index (κ3) is 3.20. The van der Waals surface area contributed by atoms with Crippen molar-refractivity contribution in [3.8, 4) is 0 Å². The first-order valence-electron chi connectivity index (χ1n) is 5.95. The van der Waals surface area contributed by atoms with E-state index in [1.807, 2.05) is 0 Å². The molecule has 2 rings (SSSR count). The van der Waals surface area contributed by atoms with Crippen molar-refractivity contribution in [1.29, 1.82) is 0 Å². The quantitative estimate of drug-likeness (QED) is 0.768. The fraction of sp³-hybridized carbons (Fsp3) is 0.636. The highest BCUT2D eigenvalue weighted by Crippen LogP contribution is 2.37. The van der Waals surface area contributed by atoms with Crippen molar-refractivity contribution in [2.75, 3.05) is 13.1 Å². The monoisotopic (exact) mass is 391 g/mol. The Hall–Kier alpha value is -0.120. The van der Waals surface area contributed by atoms with Gasteiger partial charge in [0.2, 0.25) is 10.0 Å². The maximum Gasteiger partial charge on any atom is 0.391 e. The van der Waals surface area contributed by atoms with E-state index in [4.69, 9.17) is 0 Å². The summed E-state index contributed by atoms with van der Waals surface area (Å²) in [7, 11) is -3.69. The van der Waals surface area contributed by atoms with Crippen LogP contribution in [0.5, 0.6) is 0 Å². The van der Waals surface area contributed by atoms with E-state index in [0.717, 1.165) is 4.31 Å². The van der Waals surface area contributed by atoms with Crippen LogP contribution in [0, 0.1) is 12.8 Å². The third-order valence-corrected chi connectivity index (χ3v) is 7.08. The summed E-state index contributed by atoms with van der Waals surface area (Å²) in [6, 6.07) is 1.51. The Morgan fingerprint density at radius 2 is 1.90 bits per heavy atom. The van der Waals surface area contributed by atoms with Crippen LogP contribution < -0.4 is 0 Å². The van der Waals surface area contributed by atoms with Crippen LogP contribution in [0.3, 0.4) is 0 Å². The maximum absolute atomic E-state index is 12.6. The summed E-state index contributed by atoms with van der Waals surface area (Å²) in [5.41, 5.74) is 0. The minimum atomic E-state index is -4.24. The lowest BCUT2D eigenvalue weighted by atomic mass is 9.98. The van der Waals surface area contributed by atoms with E-state index >= 15 is 0 Å². The molecule has 0 saturated carbocycles. The van der Waals surface area contributed by atoms with Crippen molar-refractivity contribution >= 4 is 37.3 Å². The van der Waals surface area contributed by atoms with E-state index in [1.165, 1.54) is 17.4 Å². The van der Waals surface area contributed by atoms with E-state index < -0.39 is 22.1 Å². The lowest BCUT2D eigenvalue weighted by Crippen LogP contribution is -2.42. The van der Waals surface area contributed by atoms with Crippen LogP contribution in [-0.2, 0) is 10.0 Å². The molecule has 1 saturated heterocycles. The Morgan fingerprint density at radius 1 is 1.35 bits per heavy atom. The molecule has 3 nitrogen and oxygen atoms in total. The van der Waals surface area contributed by atoms with Gasteiger partial charge in [-0.1, -0.05) is 0 Å². The minimum Gasteiger partial charge on any atom is -0.207 e. The Labute approximate surface area is 128 Å². The van der Waals surface area contributed by atoms with E-state index in [1.54, 1.807) is 6.92 Å². The van der Waals surface area contributed by atoms with Gasteiger partial charge in [0.1, 0.15) is 0 Å². The average Bonchev–Trinajstić information content (AvgIpc) is 2.68. The molecule has 0 N–H and O–H groups in total. The highest BCUT2D eigenvalue weighted by atomic mass is 79.9. The van der Waals surface area contributed by atoms with E-state index in [2.05, 4.69) is 15.9 Å². The van der Waals surface area contributed by atoms with Crippen molar-refractivity contribution in [3.05, 3.63) is 14.7 Å². The number of hydrogen-bond donors (Lipinski definition) is 0. The first kappa shape index (κ1) is 16.3. The average molecular weight is 392 g/mol. The van der Waals surface area contributed by atoms with Crippen molar-refractivity contribution in [2.45, 2.75) is 30.8 Å². The summed E-state index contributed by atoms with van der Waals surface area (Å²) in [5.74, 6) is -1.40. The van der Waals surface area contributed by atoms with Gasteiger partial charge in [0.25, 0.3) is 0 Å². The second kappa shape index (κ2) is 5.58. The highest BCUT2D eigenvalue weighted by molar-refractivity contribution is 9.11. The van der Waals surface area contributed by atoms with Crippen LogP contribution in [0.25, 0.3) is 0 Å². The van der Waals surface area contributed by atoms with Gasteiger partial charge >= 0.3 is 6.18 Å². The number of halogens is 4. The molecule has 0 aromatic carbocycles. The van der Waals surface area contributed by atoms with Crippen LogP contribution >= 0.6 is 27.3 Å². The molecular weight excluding hydrogens is 379 g/mol. The zero-order valence-electron chi connectivity index (χ0n) is 10.6. The molecule has 0 amide bonds. The second-order valence-electron chi connectivity index (χ2n) is 4.69. The summed E-state index contributed by atoms with van der Waals surface area (Å²) in [6.45, 7) is 1.52. The number of piperidine rings is 1. The Morgan fingerprint density at radius 3 is 2.30 bits per heavy atom. The number of sulfonamides is 1. The van der Waals surface area contributed by atoms with Gasteiger partial charge in [-0.05, 0) is 41.8 Å². The van der Waals surface area contributed by atoms with Crippen LogP contribution in [0.1, 0.15) is 17.7 Å². The molecule has 1 fully saturated rings. The molecule has 9 heteroatoms. The van der Waals surface area contributed by atoms with Crippen LogP contribution in [-0.4, -0.2) is 32.0 Å². The van der Waals surface area contributed by atoms with Gasteiger partial charge in [-0.2, -0.15) is 17.5 Å². The fourth-order valence-corrected chi connectivity index (χ4v) is 6.10. The topological polar surface area (TPSA) is 37.4 Å². The summed E-state index contributed by atoms with van der Waals surface area (Å²) in [4.78, 5) is 0.814. The molecule has 1 aliphatic rings. The maximum atomic E-state index is 12.6. The normalized spacial score (nSPS) is 19.4. The van der Waals surface area contributed by atoms with E-state index in [-0.39, 0.29) is 30.8 Å². The van der Waals surface area contributed by atoms with Gasteiger partial charge < -0.3 is 0 Å². The molecule has 1 aromatic heterocycles. The molecule has 1 aromatic rings. The summed E-state index contributed by atoms with van der Waals surface area (Å²) in [6.07, 6.45) is -4.59. The third-order valence-electron chi connectivity index (χ3n) is 3.38. The molecule has 114 valence electrons. The largest absolute Gasteiger partial charge is 0.391 e. The van der Waals surface area contributed by atoms with Gasteiger partial charge in [0, 0.05) is 18.0 Å². The molecule has 0 spiro atoms. The Balaban J connectivity index is 2.16. The van der Waals surface area contributed by atoms with E-state index in [9.17, 15) is 21.6 Å². The van der Waals surface area contributed by atoms with Crippen molar-refractivity contribution in [1.82, 2.24) is 4.31 Å². The number of nitrogens with zero attached hydrogens (tertiary/aromatic N) is 1. The van der Waals surface area contributed by atoms with Gasteiger partial charge in [-0.3, -0.25) is 0 Å². The van der Waals surface area contributed by atoms with Crippen LogP contribution in [0.2, 0.25) is 0 Å². The van der Waals surface area contributed by atoms with Crippen molar-refractivity contribution in [3.63, 3.8) is 0 Å². The molecule has 0 unspecified atom stereocenters. The number of rotatable bonds is 2. The first-order chi connectivity index (χ1) is 9.12. The fourth-order valence-electron chi connectivity index (χ4n) is 2.25. The lowest BCUT2D eigenvalue weighted by molar-refractivity contribution is -0.182. The summed E-state index contributed by atoms with van der Waals surface area (Å²) < 4.78 is 64.4. The van der Waals surface area contributed by atoms with Crippen LogP contribution in [0.15, 0.2) is 14.7 Å². The second-order valence-corrected chi connectivity index (χ2v) is 9.23. The van der Waals surface area contributed by atoms with Crippen molar-refractivity contribution < 1.29 is 21.6 Å². The van der Waals surface area contributed by atoms with Gasteiger partial charge in [0.15, 0.2) is 0 Å². The van der Waals surface area contributed by atoms with E-state index in [0.29, 0.717) is 8.66 Å². The molecule has 20 heavy (non-hydrogen) atoms. The number of alkyl halides is 3. The molecule has 2 heterocycles. The first-order valence-corrected chi connectivity index (χ1v) is 9.00. The molecule has 0 radical (unpaired) electrons. The molecule has 0 atom stereocenters. The zero-order chi connectivity index (χ0) is 15.1. The zero-order valence-corrected chi connectivity index (χ0v) is 13.8. The van der Waals surface area contributed by atoms with Gasteiger partial charge in [-0.15, -0.1) is 11.3 Å². The standard InChI is InChI=1S/C11H13BrF3NO2S2/c1-7-9(6-10(12)19-7)20(17,18)16-4-2-8(3-5-16)11(13,14)15/h6,8H,2-5H2,1H3. The molecular formula is C11H13BrF3NO2S2. The molecule has 1 aliphatic heterocycles. The van der Waals surface area contributed by atoms with Gasteiger partial charge in [-0.25, -0.2) is 8.42 Å². The summed E-state index contributed by atoms with van der Waals surface area (Å²) in [5, 5.41) is 0. The SMILES string of the molecule is Cc1sc(Br)cc1S(=O)(=O)N1CCC(C(F)(F)F)CC1. The highest BCUT2D eigenvalue weighted by Gasteiger charge is 2.43. The lowest BCUT2D eigenvalue weighted by Gasteiger charge is -2.32. The summed E-state index contributed by atoms with van der Waals surface area (Å²) >= 11 is 4.52. The smallest absolute Gasteiger partial charge is 0.207 e. The Kier molecular flexibility index (Phi) is 4.54. The minimum absolute atomic E-state index is 0.0839. The Bertz CT molecular complexity index is 589. The predicted molar refractivity (Wildman–Crippen MR) is 74.3 cm³/mol. The van der Waals surface area contributed by atoms with Crippen LogP contribution in [0.4, 0.5) is 13.2 Å². The molecule has 0 aliphatic carbocycles.